The minimum atomic E-state index is -0.880. The minimum Gasteiger partial charge on any atom is -0.497 e. The van der Waals surface area contributed by atoms with E-state index < -0.39 is 29.1 Å². The lowest BCUT2D eigenvalue weighted by Gasteiger charge is -2.16. The number of ether oxygens (including phenoxy) is 1. The van der Waals surface area contributed by atoms with Crippen LogP contribution in [0.1, 0.15) is 5.56 Å². The largest absolute Gasteiger partial charge is 0.497 e. The van der Waals surface area contributed by atoms with Crippen LogP contribution in [0.15, 0.2) is 76.5 Å². The first-order chi connectivity index (χ1) is 14.9. The fourth-order valence-electron chi connectivity index (χ4n) is 3.11. The molecular formula is C23H14ClF2NO3S. The lowest BCUT2D eigenvalue weighted by Crippen LogP contribution is -2.32. The van der Waals surface area contributed by atoms with E-state index in [1.165, 1.54) is 7.11 Å². The fraction of sp³-hybridized carbons (Fsp3) is 0.0435. The van der Waals surface area contributed by atoms with Crippen LogP contribution in [0.25, 0.3) is 5.57 Å². The summed E-state index contributed by atoms with van der Waals surface area (Å²) in [4.78, 5) is 27.9. The van der Waals surface area contributed by atoms with E-state index in [-0.39, 0.29) is 10.5 Å². The van der Waals surface area contributed by atoms with Gasteiger partial charge >= 0.3 is 0 Å². The SMILES string of the molecule is COc1ccc(C2=C(Sc3ccc(Cl)cc3)C(=O)N(c3cc(F)ccc3F)C2=O)cc1. The van der Waals surface area contributed by atoms with Crippen LogP contribution in [-0.2, 0) is 9.59 Å². The summed E-state index contributed by atoms with van der Waals surface area (Å²) in [6, 6.07) is 15.9. The first-order valence-corrected chi connectivity index (χ1v) is 10.2. The highest BCUT2D eigenvalue weighted by Crippen LogP contribution is 2.42. The molecule has 0 saturated carbocycles. The third-order valence-corrected chi connectivity index (χ3v) is 5.95. The molecule has 0 radical (unpaired) electrons. The molecule has 0 aromatic heterocycles. The van der Waals surface area contributed by atoms with Gasteiger partial charge in [-0.15, -0.1) is 0 Å². The van der Waals surface area contributed by atoms with Crippen molar-refractivity contribution in [1.29, 1.82) is 0 Å². The quantitative estimate of drug-likeness (QED) is 0.461. The molecule has 0 N–H and O–H groups in total. The summed E-state index contributed by atoms with van der Waals surface area (Å²) in [5.41, 5.74) is 0.110. The zero-order chi connectivity index (χ0) is 22.1. The van der Waals surface area contributed by atoms with Gasteiger partial charge < -0.3 is 4.74 Å². The van der Waals surface area contributed by atoms with E-state index in [0.717, 1.165) is 30.0 Å². The molecule has 1 aliphatic rings. The number of imide groups is 1. The molecule has 0 saturated heterocycles. The highest BCUT2D eigenvalue weighted by atomic mass is 35.5. The Morgan fingerprint density at radius 2 is 1.58 bits per heavy atom. The van der Waals surface area contributed by atoms with Crippen LogP contribution >= 0.6 is 23.4 Å². The second-order valence-electron chi connectivity index (χ2n) is 6.53. The molecule has 31 heavy (non-hydrogen) atoms. The topological polar surface area (TPSA) is 46.6 Å². The van der Waals surface area contributed by atoms with E-state index in [1.54, 1.807) is 48.5 Å². The van der Waals surface area contributed by atoms with Gasteiger partial charge in [-0.3, -0.25) is 9.59 Å². The van der Waals surface area contributed by atoms with Gasteiger partial charge in [0.15, 0.2) is 0 Å². The Morgan fingerprint density at radius 1 is 0.903 bits per heavy atom. The smallest absolute Gasteiger partial charge is 0.273 e. The average Bonchev–Trinajstić information content (AvgIpc) is 3.01. The Morgan fingerprint density at radius 3 is 2.23 bits per heavy atom. The summed E-state index contributed by atoms with van der Waals surface area (Å²) in [7, 11) is 1.51. The molecule has 4 rings (SSSR count). The van der Waals surface area contributed by atoms with Crippen molar-refractivity contribution in [2.24, 2.45) is 0 Å². The average molecular weight is 458 g/mol. The van der Waals surface area contributed by atoms with Crippen LogP contribution in [0.4, 0.5) is 14.5 Å². The first-order valence-electron chi connectivity index (χ1n) is 9.05. The van der Waals surface area contributed by atoms with E-state index in [9.17, 15) is 18.4 Å². The molecule has 1 aliphatic heterocycles. The van der Waals surface area contributed by atoms with E-state index in [4.69, 9.17) is 16.3 Å². The monoisotopic (exact) mass is 457 g/mol. The zero-order valence-corrected chi connectivity index (χ0v) is 17.6. The van der Waals surface area contributed by atoms with Gasteiger partial charge in [-0.05, 0) is 54.1 Å². The highest BCUT2D eigenvalue weighted by Gasteiger charge is 2.41. The lowest BCUT2D eigenvalue weighted by atomic mass is 10.1. The molecule has 156 valence electrons. The predicted molar refractivity (Wildman–Crippen MR) is 116 cm³/mol. The lowest BCUT2D eigenvalue weighted by molar-refractivity contribution is -0.119. The van der Waals surface area contributed by atoms with Gasteiger partial charge in [0.05, 0.1) is 23.3 Å². The molecular weight excluding hydrogens is 444 g/mol. The van der Waals surface area contributed by atoms with Crippen LogP contribution in [0.2, 0.25) is 5.02 Å². The van der Waals surface area contributed by atoms with Gasteiger partial charge in [-0.25, -0.2) is 13.7 Å². The molecule has 1 heterocycles. The Kier molecular flexibility index (Phi) is 5.80. The number of halogens is 3. The number of carbonyl (C=O) groups excluding carboxylic acids is 2. The maximum absolute atomic E-state index is 14.4. The Bertz CT molecular complexity index is 1210. The third-order valence-electron chi connectivity index (χ3n) is 4.60. The van der Waals surface area contributed by atoms with Crippen molar-refractivity contribution in [2.75, 3.05) is 12.0 Å². The first kappa shape index (κ1) is 21.1. The molecule has 8 heteroatoms. The van der Waals surface area contributed by atoms with E-state index in [0.29, 0.717) is 26.1 Å². The molecule has 0 bridgehead atoms. The van der Waals surface area contributed by atoms with E-state index in [2.05, 4.69) is 0 Å². The molecule has 0 spiro atoms. The van der Waals surface area contributed by atoms with Gasteiger partial charge in [-0.1, -0.05) is 35.5 Å². The fourth-order valence-corrected chi connectivity index (χ4v) is 4.23. The standard InChI is InChI=1S/C23H14ClF2NO3S/c1-30-16-7-2-13(3-8-16)20-21(31-17-9-4-14(24)5-10-17)23(29)27(22(20)28)19-12-15(25)6-11-18(19)26/h2-12H,1H3. The summed E-state index contributed by atoms with van der Waals surface area (Å²) in [5, 5.41) is 0.519. The third kappa shape index (κ3) is 4.06. The van der Waals surface area contributed by atoms with Crippen molar-refractivity contribution in [1.82, 2.24) is 0 Å². The molecule has 3 aromatic carbocycles. The number of thioether (sulfide) groups is 1. The summed E-state index contributed by atoms with van der Waals surface area (Å²) < 4.78 is 33.3. The van der Waals surface area contributed by atoms with Crippen molar-refractivity contribution in [3.63, 3.8) is 0 Å². The van der Waals surface area contributed by atoms with Crippen LogP contribution in [0.5, 0.6) is 5.75 Å². The highest BCUT2D eigenvalue weighted by molar-refractivity contribution is 8.04. The summed E-state index contributed by atoms with van der Waals surface area (Å²) in [6.45, 7) is 0. The minimum absolute atomic E-state index is 0.0938. The van der Waals surface area contributed by atoms with Crippen molar-refractivity contribution in [3.05, 3.63) is 93.9 Å². The molecule has 3 aromatic rings. The number of hydrogen-bond acceptors (Lipinski definition) is 4. The maximum Gasteiger partial charge on any atom is 0.273 e. The van der Waals surface area contributed by atoms with Crippen LogP contribution in [0, 0.1) is 11.6 Å². The summed E-state index contributed by atoms with van der Waals surface area (Å²) >= 11 is 6.98. The van der Waals surface area contributed by atoms with E-state index in [1.807, 2.05) is 0 Å². The van der Waals surface area contributed by atoms with Crippen molar-refractivity contribution < 1.29 is 23.1 Å². The van der Waals surface area contributed by atoms with Crippen molar-refractivity contribution in [3.8, 4) is 5.75 Å². The zero-order valence-electron chi connectivity index (χ0n) is 16.1. The Hall–Kier alpha value is -3.16. The molecule has 4 nitrogen and oxygen atoms in total. The molecule has 0 unspecified atom stereocenters. The van der Waals surface area contributed by atoms with Gasteiger partial charge in [0.25, 0.3) is 11.8 Å². The van der Waals surface area contributed by atoms with Gasteiger partial charge in [0.1, 0.15) is 17.4 Å². The number of nitrogens with zero attached hydrogens (tertiary/aromatic N) is 1. The second-order valence-corrected chi connectivity index (χ2v) is 8.05. The molecule has 0 fully saturated rings. The number of amides is 2. The molecule has 2 amide bonds. The summed E-state index contributed by atoms with van der Waals surface area (Å²) in [6.07, 6.45) is 0. The number of methoxy groups -OCH3 is 1. The number of anilines is 1. The number of rotatable bonds is 5. The summed E-state index contributed by atoms with van der Waals surface area (Å²) in [5.74, 6) is -2.55. The second kappa shape index (κ2) is 8.53. The molecule has 0 atom stereocenters. The van der Waals surface area contributed by atoms with Crippen molar-refractivity contribution >= 4 is 46.4 Å². The number of carbonyl (C=O) groups is 2. The molecule has 0 aliphatic carbocycles. The normalized spacial score (nSPS) is 13.9. The van der Waals surface area contributed by atoms with Crippen molar-refractivity contribution in [2.45, 2.75) is 4.90 Å². The number of benzene rings is 3. The number of hydrogen-bond donors (Lipinski definition) is 0. The maximum atomic E-state index is 14.4. The van der Waals surface area contributed by atoms with Crippen LogP contribution < -0.4 is 9.64 Å². The van der Waals surface area contributed by atoms with Gasteiger partial charge in [0.2, 0.25) is 0 Å². The van der Waals surface area contributed by atoms with E-state index >= 15 is 0 Å². The van der Waals surface area contributed by atoms with Crippen LogP contribution in [-0.4, -0.2) is 18.9 Å². The Balaban J connectivity index is 1.83. The predicted octanol–water partition coefficient (Wildman–Crippen LogP) is 5.70. The van der Waals surface area contributed by atoms with Gasteiger partial charge in [0, 0.05) is 16.0 Å². The van der Waals surface area contributed by atoms with Gasteiger partial charge in [-0.2, -0.15) is 0 Å². The van der Waals surface area contributed by atoms with Crippen LogP contribution in [0.3, 0.4) is 0 Å². The Labute approximate surface area is 186 Å².